The van der Waals surface area contributed by atoms with Gasteiger partial charge in [-0.3, -0.25) is 4.79 Å². The van der Waals surface area contributed by atoms with E-state index >= 15 is 0 Å². The van der Waals surface area contributed by atoms with Crippen molar-refractivity contribution in [3.8, 4) is 0 Å². The van der Waals surface area contributed by atoms with E-state index in [4.69, 9.17) is 5.73 Å². The molecule has 7 heteroatoms. The number of benzene rings is 2. The van der Waals surface area contributed by atoms with Crippen molar-refractivity contribution in [3.63, 3.8) is 0 Å². The number of anilines is 1. The normalized spacial score (nSPS) is 11.2. The van der Waals surface area contributed by atoms with Crippen LogP contribution in [0, 0.1) is 0 Å². The van der Waals surface area contributed by atoms with Crippen molar-refractivity contribution < 1.29 is 19.1 Å². The van der Waals surface area contributed by atoms with Gasteiger partial charge in [0.15, 0.2) is 0 Å². The molecule has 0 saturated carbocycles. The number of rotatable bonds is 6. The predicted molar refractivity (Wildman–Crippen MR) is 92.9 cm³/mol. The molecule has 0 bridgehead atoms. The van der Waals surface area contributed by atoms with Gasteiger partial charge < -0.3 is 21.1 Å². The first-order valence-corrected chi connectivity index (χ1v) is 7.58. The summed E-state index contributed by atoms with van der Waals surface area (Å²) in [4.78, 5) is 34.8. The van der Waals surface area contributed by atoms with E-state index in [-0.39, 0.29) is 12.3 Å². The molecule has 130 valence electrons. The maximum absolute atomic E-state index is 12.3. The number of carbonyl (C=O) groups is 3. The van der Waals surface area contributed by atoms with Crippen molar-refractivity contribution >= 4 is 23.6 Å². The van der Waals surface area contributed by atoms with E-state index in [1.807, 2.05) is 18.2 Å². The minimum absolute atomic E-state index is 0.0196. The summed E-state index contributed by atoms with van der Waals surface area (Å²) in [6, 6.07) is 14.1. The fourth-order valence-electron chi connectivity index (χ4n) is 2.31. The van der Waals surface area contributed by atoms with E-state index in [1.165, 1.54) is 7.11 Å². The number of urea groups is 1. The van der Waals surface area contributed by atoms with Crippen molar-refractivity contribution in [2.45, 2.75) is 12.5 Å². The number of nitrogens with two attached hydrogens (primary N) is 1. The van der Waals surface area contributed by atoms with Crippen molar-refractivity contribution in [2.75, 3.05) is 12.4 Å². The lowest BCUT2D eigenvalue weighted by atomic mass is 10.0. The van der Waals surface area contributed by atoms with Gasteiger partial charge >= 0.3 is 12.0 Å². The Labute approximate surface area is 145 Å². The van der Waals surface area contributed by atoms with Gasteiger partial charge in [-0.25, -0.2) is 9.59 Å². The highest BCUT2D eigenvalue weighted by molar-refractivity contribution is 5.93. The second-order valence-corrected chi connectivity index (χ2v) is 5.29. The lowest BCUT2D eigenvalue weighted by Crippen LogP contribution is -2.35. The summed E-state index contributed by atoms with van der Waals surface area (Å²) >= 11 is 0. The second kappa shape index (κ2) is 8.49. The Balaban J connectivity index is 2.03. The zero-order chi connectivity index (χ0) is 18.2. The Kier molecular flexibility index (Phi) is 6.11. The Morgan fingerprint density at radius 3 is 2.24 bits per heavy atom. The van der Waals surface area contributed by atoms with Gasteiger partial charge in [0.2, 0.25) is 5.91 Å². The third-order valence-electron chi connectivity index (χ3n) is 3.50. The summed E-state index contributed by atoms with van der Waals surface area (Å²) in [5.41, 5.74) is 6.89. The molecule has 3 amide bonds. The molecule has 0 heterocycles. The molecular formula is C18H19N3O4. The summed E-state index contributed by atoms with van der Waals surface area (Å²) in [6.45, 7) is 0. The molecular weight excluding hydrogens is 322 g/mol. The molecule has 0 fully saturated rings. The molecule has 7 nitrogen and oxygen atoms in total. The minimum atomic E-state index is -0.705. The van der Waals surface area contributed by atoms with Crippen molar-refractivity contribution in [2.24, 2.45) is 5.73 Å². The fraction of sp³-hybridized carbons (Fsp3) is 0.167. The standard InChI is InChI=1S/C18H19N3O4/c1-25-17(23)13-7-9-14(10-8-13)20-16(22)11-15(21-18(19)24)12-5-3-2-4-6-12/h2-10,15H,11H2,1H3,(H,20,22)(H3,19,21,24). The van der Waals surface area contributed by atoms with Crippen LogP contribution < -0.4 is 16.4 Å². The number of hydrogen-bond donors (Lipinski definition) is 3. The lowest BCUT2D eigenvalue weighted by Gasteiger charge is -2.17. The zero-order valence-electron chi connectivity index (χ0n) is 13.7. The van der Waals surface area contributed by atoms with Gasteiger partial charge in [-0.15, -0.1) is 0 Å². The van der Waals surface area contributed by atoms with Crippen LogP contribution in [0.3, 0.4) is 0 Å². The highest BCUT2D eigenvalue weighted by atomic mass is 16.5. The summed E-state index contributed by atoms with van der Waals surface area (Å²) < 4.78 is 4.62. The molecule has 2 rings (SSSR count). The van der Waals surface area contributed by atoms with Crippen LogP contribution in [0.2, 0.25) is 0 Å². The topological polar surface area (TPSA) is 111 Å². The Bertz CT molecular complexity index is 745. The van der Waals surface area contributed by atoms with Gasteiger partial charge in [0.25, 0.3) is 0 Å². The molecule has 0 aliphatic heterocycles. The van der Waals surface area contributed by atoms with Gasteiger partial charge in [0.05, 0.1) is 25.1 Å². The van der Waals surface area contributed by atoms with Crippen molar-refractivity contribution in [3.05, 3.63) is 65.7 Å². The third kappa shape index (κ3) is 5.35. The number of nitrogens with one attached hydrogen (secondary N) is 2. The smallest absolute Gasteiger partial charge is 0.337 e. The second-order valence-electron chi connectivity index (χ2n) is 5.29. The van der Waals surface area contributed by atoms with Gasteiger partial charge in [-0.05, 0) is 29.8 Å². The van der Waals surface area contributed by atoms with Crippen LogP contribution >= 0.6 is 0 Å². The molecule has 25 heavy (non-hydrogen) atoms. The molecule has 0 aliphatic rings. The largest absolute Gasteiger partial charge is 0.465 e. The molecule has 1 atom stereocenters. The maximum Gasteiger partial charge on any atom is 0.337 e. The highest BCUT2D eigenvalue weighted by Gasteiger charge is 2.17. The molecule has 0 radical (unpaired) electrons. The number of amides is 3. The van der Waals surface area contributed by atoms with E-state index in [0.717, 1.165) is 5.56 Å². The van der Waals surface area contributed by atoms with E-state index in [2.05, 4.69) is 15.4 Å². The lowest BCUT2D eigenvalue weighted by molar-refractivity contribution is -0.116. The Hall–Kier alpha value is -3.35. The first-order valence-electron chi connectivity index (χ1n) is 7.58. The molecule has 4 N–H and O–H groups in total. The molecule has 2 aromatic carbocycles. The van der Waals surface area contributed by atoms with E-state index in [9.17, 15) is 14.4 Å². The highest BCUT2D eigenvalue weighted by Crippen LogP contribution is 2.18. The number of hydrogen-bond acceptors (Lipinski definition) is 4. The third-order valence-corrected chi connectivity index (χ3v) is 3.50. The number of esters is 1. The van der Waals surface area contributed by atoms with E-state index in [0.29, 0.717) is 11.3 Å². The summed E-state index contributed by atoms with van der Waals surface area (Å²) in [7, 11) is 1.30. The first-order chi connectivity index (χ1) is 12.0. The minimum Gasteiger partial charge on any atom is -0.465 e. The average molecular weight is 341 g/mol. The van der Waals surface area contributed by atoms with Gasteiger partial charge in [0, 0.05) is 5.69 Å². The zero-order valence-corrected chi connectivity index (χ0v) is 13.7. The maximum atomic E-state index is 12.3. The number of carbonyl (C=O) groups excluding carboxylic acids is 3. The predicted octanol–water partition coefficient (Wildman–Crippen LogP) is 2.21. The monoisotopic (exact) mass is 341 g/mol. The van der Waals surface area contributed by atoms with Crippen LogP contribution in [0.5, 0.6) is 0 Å². The quantitative estimate of drug-likeness (QED) is 0.700. The van der Waals surface area contributed by atoms with Crippen molar-refractivity contribution in [1.29, 1.82) is 0 Å². The van der Waals surface area contributed by atoms with E-state index in [1.54, 1.807) is 36.4 Å². The fourth-order valence-corrected chi connectivity index (χ4v) is 2.31. The van der Waals surface area contributed by atoms with Crippen LogP contribution in [0.4, 0.5) is 10.5 Å². The van der Waals surface area contributed by atoms with Crippen LogP contribution in [-0.4, -0.2) is 25.0 Å². The van der Waals surface area contributed by atoms with Crippen molar-refractivity contribution in [1.82, 2.24) is 5.32 Å². The van der Waals surface area contributed by atoms with Crippen LogP contribution in [-0.2, 0) is 9.53 Å². The molecule has 2 aromatic rings. The SMILES string of the molecule is COC(=O)c1ccc(NC(=O)CC(NC(N)=O)c2ccccc2)cc1. The molecule has 0 spiro atoms. The number of primary amides is 1. The van der Waals surface area contributed by atoms with Crippen LogP contribution in [0.25, 0.3) is 0 Å². The van der Waals surface area contributed by atoms with Gasteiger partial charge in [-0.1, -0.05) is 30.3 Å². The van der Waals surface area contributed by atoms with E-state index < -0.39 is 18.0 Å². The van der Waals surface area contributed by atoms with Crippen LogP contribution in [0.1, 0.15) is 28.4 Å². The molecule has 0 aromatic heterocycles. The number of methoxy groups -OCH3 is 1. The number of ether oxygens (including phenoxy) is 1. The molecule has 0 aliphatic carbocycles. The van der Waals surface area contributed by atoms with Gasteiger partial charge in [0.1, 0.15) is 0 Å². The Morgan fingerprint density at radius 1 is 1.04 bits per heavy atom. The Morgan fingerprint density at radius 2 is 1.68 bits per heavy atom. The summed E-state index contributed by atoms with van der Waals surface area (Å²) in [5, 5.41) is 5.28. The average Bonchev–Trinajstić information content (AvgIpc) is 2.61. The first kappa shape index (κ1) is 18.0. The molecule has 1 unspecified atom stereocenters. The summed E-state index contributed by atoms with van der Waals surface area (Å²) in [5.74, 6) is -0.749. The van der Waals surface area contributed by atoms with Gasteiger partial charge in [-0.2, -0.15) is 0 Å². The van der Waals surface area contributed by atoms with Crippen LogP contribution in [0.15, 0.2) is 54.6 Å². The summed E-state index contributed by atoms with van der Waals surface area (Å²) in [6.07, 6.45) is 0.0196. The molecule has 0 saturated heterocycles.